The van der Waals surface area contributed by atoms with Crippen molar-refractivity contribution < 1.29 is 24.1 Å². The Kier molecular flexibility index (Phi) is 3.06. The van der Waals surface area contributed by atoms with Crippen molar-refractivity contribution >= 4 is 5.78 Å². The van der Waals surface area contributed by atoms with Crippen LogP contribution in [-0.4, -0.2) is 46.2 Å². The van der Waals surface area contributed by atoms with Gasteiger partial charge in [0, 0.05) is 0 Å². The monoisotopic (exact) mass is 318 g/mol. The van der Waals surface area contributed by atoms with Gasteiger partial charge >= 0.3 is 0 Å². The lowest BCUT2D eigenvalue weighted by Crippen LogP contribution is -3.41. The minimum Gasteiger partial charge on any atom is -0.493 e. The van der Waals surface area contributed by atoms with Gasteiger partial charge in [-0.05, 0) is 32.0 Å². The summed E-state index contributed by atoms with van der Waals surface area (Å²) in [5.41, 5.74) is 0.984. The molecule has 0 unspecified atom stereocenters. The number of Topliss-reactive ketones (excluding diaryl/α,β-unsaturated/α-hetero) is 1. The third kappa shape index (κ3) is 1.96. The number of carbonyl (C=O) groups is 1. The van der Waals surface area contributed by atoms with Crippen LogP contribution in [0.25, 0.3) is 0 Å². The first-order valence-corrected chi connectivity index (χ1v) is 8.36. The molecule has 23 heavy (non-hydrogen) atoms. The van der Waals surface area contributed by atoms with Crippen LogP contribution in [0.4, 0.5) is 0 Å². The molecule has 2 N–H and O–H groups in total. The molecule has 4 aliphatic heterocycles. The molecule has 4 aliphatic rings. The Hall–Kier alpha value is -1.59. The van der Waals surface area contributed by atoms with Gasteiger partial charge in [-0.3, -0.25) is 14.6 Å². The first kappa shape index (κ1) is 15.0. The summed E-state index contributed by atoms with van der Waals surface area (Å²) in [6, 6.07) is 6.26. The predicted molar refractivity (Wildman–Crippen MR) is 84.9 cm³/mol. The zero-order valence-corrected chi connectivity index (χ0v) is 14.4. The second-order valence-corrected chi connectivity index (χ2v) is 8.02. The van der Waals surface area contributed by atoms with E-state index in [2.05, 4.69) is 26.0 Å². The van der Waals surface area contributed by atoms with Crippen LogP contribution in [0.1, 0.15) is 25.6 Å². The van der Waals surface area contributed by atoms with E-state index in [1.54, 1.807) is 14.2 Å². The molecule has 4 bridgehead atoms. The maximum Gasteiger partial charge on any atom is 0.240 e. The summed E-state index contributed by atoms with van der Waals surface area (Å²) >= 11 is 0. The molecular weight excluding hydrogens is 292 g/mol. The Balaban J connectivity index is 1.72. The van der Waals surface area contributed by atoms with E-state index in [0.717, 1.165) is 37.7 Å². The van der Waals surface area contributed by atoms with Crippen LogP contribution in [0, 0.1) is 10.8 Å². The molecule has 5 rings (SSSR count). The van der Waals surface area contributed by atoms with E-state index in [-0.39, 0.29) is 10.8 Å². The number of nitrogens with one attached hydrogen (secondary N) is 2. The van der Waals surface area contributed by atoms with Gasteiger partial charge in [0.25, 0.3) is 0 Å². The fourth-order valence-electron chi connectivity index (χ4n) is 5.50. The molecule has 0 saturated carbocycles. The molecule has 4 fully saturated rings. The van der Waals surface area contributed by atoms with Crippen molar-refractivity contribution in [2.75, 3.05) is 40.4 Å². The van der Waals surface area contributed by atoms with Crippen LogP contribution < -0.4 is 19.3 Å². The van der Waals surface area contributed by atoms with Gasteiger partial charge in [0.1, 0.15) is 10.8 Å². The molecule has 0 aromatic heterocycles. The molecule has 5 nitrogen and oxygen atoms in total. The number of hydrogen-bond acceptors (Lipinski definition) is 3. The maximum absolute atomic E-state index is 12.8. The lowest BCUT2D eigenvalue weighted by Gasteiger charge is -2.58. The number of hydrogen-bond donors (Lipinski definition) is 2. The number of ether oxygens (including phenoxy) is 2. The van der Waals surface area contributed by atoms with Gasteiger partial charge in [0.2, 0.25) is 6.17 Å². The molecule has 5 heteroatoms. The molecule has 124 valence electrons. The lowest BCUT2D eigenvalue weighted by molar-refractivity contribution is -1.18. The molecule has 0 spiro atoms. The molecular formula is C18H26N2O3+2. The standard InChI is InChI=1S/C18H24N2O3/c1-17-8-19-10-18(2,16(17)21)11-20(9-17)15(19)12-5-6-13(22-3)14(7-12)23-4/h5-7,15H,8-11H2,1-4H3/p+2. The van der Waals surface area contributed by atoms with E-state index >= 15 is 0 Å². The quantitative estimate of drug-likeness (QED) is 0.759. The molecule has 0 amide bonds. The summed E-state index contributed by atoms with van der Waals surface area (Å²) in [5.74, 6) is 2.04. The summed E-state index contributed by atoms with van der Waals surface area (Å²) < 4.78 is 10.8. The summed E-state index contributed by atoms with van der Waals surface area (Å²) in [6.07, 6.45) is 0.393. The Morgan fingerprint density at radius 2 is 1.48 bits per heavy atom. The SMILES string of the molecule is COc1ccc(C2[NH+]3CC4(C)C[NH+]2CC(C)(C3)C4=O)cc1OC. The van der Waals surface area contributed by atoms with Gasteiger partial charge in [-0.2, -0.15) is 0 Å². The van der Waals surface area contributed by atoms with E-state index in [1.165, 1.54) is 15.4 Å². The van der Waals surface area contributed by atoms with Gasteiger partial charge < -0.3 is 9.47 Å². The van der Waals surface area contributed by atoms with Crippen LogP contribution in [0.5, 0.6) is 11.5 Å². The van der Waals surface area contributed by atoms with Gasteiger partial charge in [-0.1, -0.05) is 0 Å². The molecule has 0 atom stereocenters. The van der Waals surface area contributed by atoms with Gasteiger partial charge in [-0.15, -0.1) is 0 Å². The first-order valence-electron chi connectivity index (χ1n) is 8.36. The highest BCUT2D eigenvalue weighted by atomic mass is 16.5. The number of carbonyl (C=O) groups excluding carboxylic acids is 1. The van der Waals surface area contributed by atoms with Crippen LogP contribution in [0.2, 0.25) is 0 Å². The number of benzene rings is 1. The Morgan fingerprint density at radius 1 is 0.957 bits per heavy atom. The maximum atomic E-state index is 12.8. The summed E-state index contributed by atoms with van der Waals surface area (Å²) in [5, 5.41) is 0. The average Bonchev–Trinajstić information content (AvgIpc) is 2.51. The predicted octanol–water partition coefficient (Wildman–Crippen LogP) is -0.905. The third-order valence-corrected chi connectivity index (χ3v) is 6.12. The molecule has 1 aromatic carbocycles. The van der Waals surface area contributed by atoms with E-state index in [1.807, 2.05) is 6.07 Å². The number of rotatable bonds is 3. The van der Waals surface area contributed by atoms with Crippen molar-refractivity contribution in [2.45, 2.75) is 20.0 Å². The van der Waals surface area contributed by atoms with Gasteiger partial charge in [-0.25, -0.2) is 0 Å². The van der Waals surface area contributed by atoms with Crippen molar-refractivity contribution in [3.63, 3.8) is 0 Å². The topological polar surface area (TPSA) is 44.4 Å². The largest absolute Gasteiger partial charge is 0.493 e. The summed E-state index contributed by atoms with van der Waals surface area (Å²) in [6.45, 7) is 8.12. The fraction of sp³-hybridized carbons (Fsp3) is 0.611. The number of ketones is 1. The van der Waals surface area contributed by atoms with Crippen molar-refractivity contribution in [3.8, 4) is 11.5 Å². The van der Waals surface area contributed by atoms with E-state index in [4.69, 9.17) is 9.47 Å². The van der Waals surface area contributed by atoms with Crippen LogP contribution in [0.3, 0.4) is 0 Å². The second-order valence-electron chi connectivity index (χ2n) is 8.02. The summed E-state index contributed by atoms with van der Waals surface area (Å²) in [7, 11) is 3.34. The molecule has 4 saturated heterocycles. The highest BCUT2D eigenvalue weighted by molar-refractivity contribution is 5.91. The number of piperidine rings is 2. The Bertz CT molecular complexity index is 632. The van der Waals surface area contributed by atoms with Crippen molar-refractivity contribution in [3.05, 3.63) is 23.8 Å². The highest BCUT2D eigenvalue weighted by Gasteiger charge is 2.68. The fourth-order valence-corrected chi connectivity index (χ4v) is 5.50. The van der Waals surface area contributed by atoms with Crippen LogP contribution >= 0.6 is 0 Å². The molecule has 1 aromatic rings. The zero-order valence-electron chi connectivity index (χ0n) is 14.4. The third-order valence-electron chi connectivity index (χ3n) is 6.12. The minimum absolute atomic E-state index is 0.150. The normalized spacial score (nSPS) is 41.2. The Morgan fingerprint density at radius 3 is 1.96 bits per heavy atom. The van der Waals surface area contributed by atoms with Crippen molar-refractivity contribution in [1.29, 1.82) is 0 Å². The second kappa shape index (κ2) is 4.71. The minimum atomic E-state index is -0.150. The van der Waals surface area contributed by atoms with E-state index in [0.29, 0.717) is 11.9 Å². The zero-order chi connectivity index (χ0) is 16.4. The van der Waals surface area contributed by atoms with Crippen molar-refractivity contribution in [1.82, 2.24) is 0 Å². The van der Waals surface area contributed by atoms with E-state index < -0.39 is 0 Å². The van der Waals surface area contributed by atoms with E-state index in [9.17, 15) is 4.79 Å². The number of methoxy groups -OCH3 is 2. The van der Waals surface area contributed by atoms with Crippen molar-refractivity contribution in [2.24, 2.45) is 10.8 Å². The Labute approximate surface area is 137 Å². The average molecular weight is 318 g/mol. The van der Waals surface area contributed by atoms with Crippen LogP contribution in [0.15, 0.2) is 18.2 Å². The molecule has 0 radical (unpaired) electrons. The number of quaternary nitrogens is 2. The lowest BCUT2D eigenvalue weighted by atomic mass is 9.62. The smallest absolute Gasteiger partial charge is 0.240 e. The summed E-state index contributed by atoms with van der Waals surface area (Å²) in [4.78, 5) is 15.9. The first-order chi connectivity index (χ1) is 10.9. The van der Waals surface area contributed by atoms with Gasteiger partial charge in [0.15, 0.2) is 17.3 Å². The van der Waals surface area contributed by atoms with Crippen LogP contribution in [-0.2, 0) is 4.79 Å². The highest BCUT2D eigenvalue weighted by Crippen LogP contribution is 2.37. The molecule has 0 aliphatic carbocycles. The van der Waals surface area contributed by atoms with Gasteiger partial charge in [0.05, 0.1) is 46.0 Å². The molecule has 4 heterocycles.